The minimum absolute atomic E-state index is 0.0355. The number of ether oxygens (including phenoxy) is 1. The number of alkyl halides is 3. The van der Waals surface area contributed by atoms with Crippen molar-refractivity contribution in [2.24, 2.45) is 0 Å². The van der Waals surface area contributed by atoms with E-state index in [1.165, 1.54) is 17.0 Å². The molecular weight excluding hydrogens is 273 g/mol. The summed E-state index contributed by atoms with van der Waals surface area (Å²) >= 11 is 0. The Kier molecular flexibility index (Phi) is 3.95. The smallest absolute Gasteiger partial charge is 0.365 e. The lowest BCUT2D eigenvalue weighted by atomic mass is 10.1. The summed E-state index contributed by atoms with van der Waals surface area (Å²) in [6.07, 6.45) is -4.94. The van der Waals surface area contributed by atoms with Crippen molar-refractivity contribution < 1.29 is 22.7 Å². The number of carbonyl (C=O) groups excluding carboxylic acids is 1. The molecule has 106 valence electrons. The zero-order chi connectivity index (χ0) is 14.8. The first-order chi connectivity index (χ1) is 9.45. The van der Waals surface area contributed by atoms with Crippen LogP contribution in [0.1, 0.15) is 15.9 Å². The van der Waals surface area contributed by atoms with E-state index in [-0.39, 0.29) is 30.9 Å². The summed E-state index contributed by atoms with van der Waals surface area (Å²) in [4.78, 5) is 12.1. The van der Waals surface area contributed by atoms with Gasteiger partial charge < -0.3 is 9.64 Å². The van der Waals surface area contributed by atoms with Crippen molar-refractivity contribution in [1.29, 1.82) is 5.26 Å². The summed E-state index contributed by atoms with van der Waals surface area (Å²) in [5, 5.41) is 8.80. The lowest BCUT2D eigenvalue weighted by Gasteiger charge is -2.33. The minimum Gasteiger partial charge on any atom is -0.365 e. The normalized spacial score (nSPS) is 19.5. The van der Waals surface area contributed by atoms with Gasteiger partial charge in [0.2, 0.25) is 0 Å². The second-order valence-corrected chi connectivity index (χ2v) is 4.33. The maximum Gasteiger partial charge on any atom is 0.418 e. The summed E-state index contributed by atoms with van der Waals surface area (Å²) in [5.41, 5.74) is -0.946. The maximum absolute atomic E-state index is 13.1. The summed E-state index contributed by atoms with van der Waals surface area (Å²) in [6, 6.07) is 5.29. The van der Waals surface area contributed by atoms with Gasteiger partial charge in [-0.05, 0) is 18.2 Å². The molecule has 1 saturated heterocycles. The molecule has 0 bridgehead atoms. The summed E-state index contributed by atoms with van der Waals surface area (Å²) in [7, 11) is 0. The summed E-state index contributed by atoms with van der Waals surface area (Å²) in [6.45, 7) is 0.521. The van der Waals surface area contributed by atoms with Crippen LogP contribution in [0.2, 0.25) is 0 Å². The fourth-order valence-electron chi connectivity index (χ4n) is 2.08. The molecule has 0 spiro atoms. The Labute approximate surface area is 113 Å². The zero-order valence-electron chi connectivity index (χ0n) is 10.4. The summed E-state index contributed by atoms with van der Waals surface area (Å²) < 4.78 is 44.3. The van der Waals surface area contributed by atoms with Gasteiger partial charge in [-0.25, -0.2) is 0 Å². The fraction of sp³-hybridized carbons (Fsp3) is 0.385. The van der Waals surface area contributed by atoms with Crippen molar-refractivity contribution in [1.82, 2.24) is 0 Å². The number of carbonyl (C=O) groups is 1. The van der Waals surface area contributed by atoms with Gasteiger partial charge in [0.25, 0.3) is 0 Å². The van der Waals surface area contributed by atoms with Crippen molar-refractivity contribution >= 4 is 12.0 Å². The van der Waals surface area contributed by atoms with Gasteiger partial charge in [-0.1, -0.05) is 0 Å². The predicted octanol–water partition coefficient (Wildman–Crippen LogP) is 2.25. The van der Waals surface area contributed by atoms with Crippen LogP contribution < -0.4 is 4.90 Å². The van der Waals surface area contributed by atoms with Gasteiger partial charge in [-0.3, -0.25) is 4.79 Å². The van der Waals surface area contributed by atoms with Crippen LogP contribution in [-0.2, 0) is 10.9 Å². The molecule has 4 nitrogen and oxygen atoms in total. The number of hydrogen-bond donors (Lipinski definition) is 0. The monoisotopic (exact) mass is 284 g/mol. The highest BCUT2D eigenvalue weighted by atomic mass is 19.4. The summed E-state index contributed by atoms with van der Waals surface area (Å²) in [5.74, 6) is 0. The van der Waals surface area contributed by atoms with Crippen molar-refractivity contribution in [2.75, 3.05) is 24.6 Å². The van der Waals surface area contributed by atoms with Gasteiger partial charge in [0, 0.05) is 17.8 Å². The third kappa shape index (κ3) is 2.91. The van der Waals surface area contributed by atoms with Crippen molar-refractivity contribution in [3.63, 3.8) is 0 Å². The second kappa shape index (κ2) is 5.51. The molecule has 0 N–H and O–H groups in total. The molecule has 2 rings (SSSR count). The molecular formula is C13H11F3N2O2. The Balaban J connectivity index is 2.40. The SMILES string of the molecule is N#CC1CN(c2ccc(C=O)cc2C(F)(F)F)CCO1. The average molecular weight is 284 g/mol. The van der Waals surface area contributed by atoms with Crippen LogP contribution >= 0.6 is 0 Å². The first-order valence-corrected chi connectivity index (χ1v) is 5.88. The van der Waals surface area contributed by atoms with Gasteiger partial charge in [-0.2, -0.15) is 18.4 Å². The first kappa shape index (κ1) is 14.3. The topological polar surface area (TPSA) is 53.3 Å². The number of benzene rings is 1. The fourth-order valence-corrected chi connectivity index (χ4v) is 2.08. The Morgan fingerprint density at radius 2 is 2.20 bits per heavy atom. The molecule has 1 aromatic carbocycles. The molecule has 1 fully saturated rings. The molecule has 0 aliphatic carbocycles. The highest BCUT2D eigenvalue weighted by Crippen LogP contribution is 2.37. The van der Waals surface area contributed by atoms with Crippen molar-refractivity contribution in [3.05, 3.63) is 29.3 Å². The van der Waals surface area contributed by atoms with Crippen molar-refractivity contribution in [3.8, 4) is 6.07 Å². The highest BCUT2D eigenvalue weighted by molar-refractivity contribution is 5.77. The predicted molar refractivity (Wildman–Crippen MR) is 64.4 cm³/mol. The number of halogens is 3. The first-order valence-electron chi connectivity index (χ1n) is 5.88. The average Bonchev–Trinajstić information content (AvgIpc) is 2.45. The molecule has 1 aromatic rings. The largest absolute Gasteiger partial charge is 0.418 e. The molecule has 0 radical (unpaired) electrons. The molecule has 0 amide bonds. The van der Waals surface area contributed by atoms with Crippen LogP contribution in [0.4, 0.5) is 18.9 Å². The lowest BCUT2D eigenvalue weighted by Crippen LogP contribution is -2.42. The van der Waals surface area contributed by atoms with E-state index in [4.69, 9.17) is 10.00 Å². The number of nitriles is 1. The van der Waals surface area contributed by atoms with E-state index in [1.54, 1.807) is 0 Å². The third-order valence-corrected chi connectivity index (χ3v) is 3.01. The Bertz CT molecular complexity index is 552. The molecule has 0 saturated carbocycles. The van der Waals surface area contributed by atoms with Crippen LogP contribution in [0.25, 0.3) is 0 Å². The standard InChI is InChI=1S/C13H11F3N2O2/c14-13(15,16)11-5-9(8-19)1-2-12(11)18-3-4-20-10(6-17)7-18/h1-2,5,8,10H,3-4,7H2. The Hall–Kier alpha value is -2.07. The number of morpholine rings is 1. The number of nitrogens with zero attached hydrogens (tertiary/aromatic N) is 2. The van der Waals surface area contributed by atoms with E-state index in [1.807, 2.05) is 6.07 Å². The van der Waals surface area contributed by atoms with Gasteiger partial charge in [0.1, 0.15) is 6.29 Å². The van der Waals surface area contributed by atoms with E-state index in [0.717, 1.165) is 6.07 Å². The second-order valence-electron chi connectivity index (χ2n) is 4.33. The molecule has 1 unspecified atom stereocenters. The Morgan fingerprint density at radius 3 is 2.80 bits per heavy atom. The molecule has 0 aromatic heterocycles. The zero-order valence-corrected chi connectivity index (χ0v) is 10.4. The van der Waals surface area contributed by atoms with Gasteiger partial charge in [-0.15, -0.1) is 0 Å². The number of anilines is 1. The van der Waals surface area contributed by atoms with E-state index >= 15 is 0 Å². The molecule has 7 heteroatoms. The van der Waals surface area contributed by atoms with E-state index in [0.29, 0.717) is 6.29 Å². The molecule has 1 atom stereocenters. The van der Waals surface area contributed by atoms with Crippen LogP contribution in [0.5, 0.6) is 0 Å². The van der Waals surface area contributed by atoms with E-state index in [9.17, 15) is 18.0 Å². The minimum atomic E-state index is -4.56. The van der Waals surface area contributed by atoms with E-state index in [2.05, 4.69) is 0 Å². The van der Waals surface area contributed by atoms with Gasteiger partial charge in [0.15, 0.2) is 6.10 Å². The highest BCUT2D eigenvalue weighted by Gasteiger charge is 2.36. The number of rotatable bonds is 2. The quantitative estimate of drug-likeness (QED) is 0.782. The number of hydrogen-bond acceptors (Lipinski definition) is 4. The van der Waals surface area contributed by atoms with Crippen LogP contribution in [-0.4, -0.2) is 32.1 Å². The van der Waals surface area contributed by atoms with Crippen LogP contribution in [0.15, 0.2) is 18.2 Å². The molecule has 1 aliphatic rings. The van der Waals surface area contributed by atoms with Gasteiger partial charge in [0.05, 0.1) is 24.8 Å². The molecule has 1 heterocycles. The van der Waals surface area contributed by atoms with Gasteiger partial charge >= 0.3 is 6.18 Å². The van der Waals surface area contributed by atoms with E-state index < -0.39 is 17.8 Å². The Morgan fingerprint density at radius 1 is 1.45 bits per heavy atom. The number of aldehydes is 1. The third-order valence-electron chi connectivity index (χ3n) is 3.01. The molecule has 20 heavy (non-hydrogen) atoms. The van der Waals surface area contributed by atoms with Crippen LogP contribution in [0.3, 0.4) is 0 Å². The maximum atomic E-state index is 13.1. The molecule has 1 aliphatic heterocycles. The lowest BCUT2D eigenvalue weighted by molar-refractivity contribution is -0.137. The van der Waals surface area contributed by atoms with Crippen LogP contribution in [0, 0.1) is 11.3 Å². The van der Waals surface area contributed by atoms with Crippen molar-refractivity contribution in [2.45, 2.75) is 12.3 Å².